The number of anilines is 1. The summed E-state index contributed by atoms with van der Waals surface area (Å²) in [5, 5.41) is 2.82. The first-order valence-corrected chi connectivity index (χ1v) is 13.2. The van der Waals surface area contributed by atoms with Crippen LogP contribution in [-0.2, 0) is 14.8 Å². The molecule has 0 aliphatic heterocycles. The van der Waals surface area contributed by atoms with Gasteiger partial charge in [0.25, 0.3) is 5.56 Å². The number of benzene rings is 2. The van der Waals surface area contributed by atoms with Crippen LogP contribution in [0.15, 0.2) is 64.3 Å². The normalized spacial score (nSPS) is 14.7. The van der Waals surface area contributed by atoms with Gasteiger partial charge in [-0.2, -0.15) is 4.31 Å². The predicted octanol–water partition coefficient (Wildman–Crippen LogP) is 4.02. The number of aromatic amines is 1. The van der Waals surface area contributed by atoms with Crippen molar-refractivity contribution in [1.29, 1.82) is 0 Å². The fraction of sp³-hybridized carbons (Fsp3) is 0.346. The smallest absolute Gasteiger partial charge is 0.251 e. The first kappa shape index (κ1) is 24.8. The van der Waals surface area contributed by atoms with Crippen LogP contribution in [-0.4, -0.2) is 41.2 Å². The Morgan fingerprint density at radius 3 is 2.46 bits per heavy atom. The molecule has 3 aromatic rings. The third-order valence-corrected chi connectivity index (χ3v) is 8.11. The Morgan fingerprint density at radius 1 is 1.06 bits per heavy atom. The van der Waals surface area contributed by atoms with Gasteiger partial charge in [-0.3, -0.25) is 9.59 Å². The van der Waals surface area contributed by atoms with E-state index in [4.69, 9.17) is 0 Å². The second-order valence-electron chi connectivity index (χ2n) is 9.02. The third kappa shape index (κ3) is 6.04. The zero-order valence-corrected chi connectivity index (χ0v) is 20.8. The standard InChI is InChI=1S/C26H30N4O4S/c1-18-11-13-23(14-12-18)35(33,34)30(22-9-4-3-5-10-22)17-25(32)28-21-8-6-7-20(16-21)26-27-19(2)15-24(31)29-26/h6-8,11-16,22H,3-5,9-10,17H2,1-2H3,(H,28,32)(H,27,29,31). The van der Waals surface area contributed by atoms with Crippen LogP contribution in [0.3, 0.4) is 0 Å². The molecule has 0 atom stereocenters. The molecule has 184 valence electrons. The molecule has 2 N–H and O–H groups in total. The summed E-state index contributed by atoms with van der Waals surface area (Å²) < 4.78 is 28.4. The highest BCUT2D eigenvalue weighted by atomic mass is 32.2. The molecule has 1 heterocycles. The number of nitrogens with one attached hydrogen (secondary N) is 2. The summed E-state index contributed by atoms with van der Waals surface area (Å²) in [6, 6.07) is 14.9. The molecule has 0 radical (unpaired) electrons. The monoisotopic (exact) mass is 494 g/mol. The molecule has 1 aliphatic carbocycles. The molecule has 0 saturated heterocycles. The van der Waals surface area contributed by atoms with Crippen molar-refractivity contribution in [2.75, 3.05) is 11.9 Å². The highest BCUT2D eigenvalue weighted by molar-refractivity contribution is 7.89. The maximum absolute atomic E-state index is 13.5. The van der Waals surface area contributed by atoms with Gasteiger partial charge < -0.3 is 10.3 Å². The van der Waals surface area contributed by atoms with Gasteiger partial charge in [0.05, 0.1) is 11.4 Å². The van der Waals surface area contributed by atoms with Gasteiger partial charge in [-0.15, -0.1) is 0 Å². The Kier molecular flexibility index (Phi) is 7.47. The fourth-order valence-corrected chi connectivity index (χ4v) is 6.07. The Balaban J connectivity index is 1.57. The molecule has 0 unspecified atom stereocenters. The van der Waals surface area contributed by atoms with Gasteiger partial charge in [0, 0.05) is 29.1 Å². The van der Waals surface area contributed by atoms with Crippen LogP contribution >= 0.6 is 0 Å². The lowest BCUT2D eigenvalue weighted by Gasteiger charge is -2.33. The van der Waals surface area contributed by atoms with Crippen LogP contribution in [0.5, 0.6) is 0 Å². The molecule has 8 nitrogen and oxygen atoms in total. The topological polar surface area (TPSA) is 112 Å². The van der Waals surface area contributed by atoms with E-state index < -0.39 is 15.9 Å². The maximum atomic E-state index is 13.5. The van der Waals surface area contributed by atoms with E-state index in [0.29, 0.717) is 22.8 Å². The highest BCUT2D eigenvalue weighted by Gasteiger charge is 2.34. The minimum Gasteiger partial charge on any atom is -0.325 e. The van der Waals surface area contributed by atoms with E-state index in [1.807, 2.05) is 6.92 Å². The number of sulfonamides is 1. The van der Waals surface area contributed by atoms with Crippen molar-refractivity contribution in [2.45, 2.75) is 56.9 Å². The van der Waals surface area contributed by atoms with E-state index in [0.717, 1.165) is 37.7 Å². The lowest BCUT2D eigenvalue weighted by molar-refractivity contribution is -0.116. The molecule has 1 aromatic heterocycles. The zero-order chi connectivity index (χ0) is 25.0. The lowest BCUT2D eigenvalue weighted by atomic mass is 9.95. The summed E-state index contributed by atoms with van der Waals surface area (Å²) in [7, 11) is -3.84. The summed E-state index contributed by atoms with van der Waals surface area (Å²) in [6.07, 6.45) is 4.43. The molecule has 35 heavy (non-hydrogen) atoms. The molecular formula is C26H30N4O4S. The van der Waals surface area contributed by atoms with E-state index in [1.165, 1.54) is 10.4 Å². The quantitative estimate of drug-likeness (QED) is 0.515. The highest BCUT2D eigenvalue weighted by Crippen LogP contribution is 2.28. The van der Waals surface area contributed by atoms with Crippen molar-refractivity contribution < 1.29 is 13.2 Å². The van der Waals surface area contributed by atoms with Crippen LogP contribution in [0.4, 0.5) is 5.69 Å². The average molecular weight is 495 g/mol. The number of aromatic nitrogens is 2. The van der Waals surface area contributed by atoms with Crippen LogP contribution in [0.2, 0.25) is 0 Å². The van der Waals surface area contributed by atoms with Crippen LogP contribution < -0.4 is 10.9 Å². The number of nitrogens with zero attached hydrogens (tertiary/aromatic N) is 2. The Labute approximate surface area is 205 Å². The van der Waals surface area contributed by atoms with Gasteiger partial charge in [0.1, 0.15) is 5.82 Å². The van der Waals surface area contributed by atoms with E-state index in [1.54, 1.807) is 55.5 Å². The minimum atomic E-state index is -3.84. The van der Waals surface area contributed by atoms with Crippen LogP contribution in [0, 0.1) is 13.8 Å². The van der Waals surface area contributed by atoms with Crippen molar-refractivity contribution in [3.05, 3.63) is 76.2 Å². The second kappa shape index (κ2) is 10.5. The van der Waals surface area contributed by atoms with Gasteiger partial charge in [-0.25, -0.2) is 13.4 Å². The number of hydrogen-bond donors (Lipinski definition) is 2. The number of hydrogen-bond acceptors (Lipinski definition) is 5. The summed E-state index contributed by atoms with van der Waals surface area (Å²) in [5.74, 6) is -0.0222. The summed E-state index contributed by atoms with van der Waals surface area (Å²) in [4.78, 5) is 32.1. The van der Waals surface area contributed by atoms with Crippen molar-refractivity contribution >= 4 is 21.6 Å². The summed E-state index contributed by atoms with van der Waals surface area (Å²) in [5.41, 5.74) is 2.43. The number of aryl methyl sites for hydroxylation is 2. The number of carbonyl (C=O) groups excluding carboxylic acids is 1. The fourth-order valence-electron chi connectivity index (χ4n) is 4.43. The lowest BCUT2D eigenvalue weighted by Crippen LogP contribution is -2.45. The second-order valence-corrected chi connectivity index (χ2v) is 10.9. The Morgan fingerprint density at radius 2 is 1.77 bits per heavy atom. The molecule has 0 bridgehead atoms. The third-order valence-electron chi connectivity index (χ3n) is 6.20. The van der Waals surface area contributed by atoms with Gasteiger partial charge in [0.2, 0.25) is 15.9 Å². The van der Waals surface area contributed by atoms with Crippen molar-refractivity contribution in [1.82, 2.24) is 14.3 Å². The van der Waals surface area contributed by atoms with Gasteiger partial charge in [-0.05, 0) is 51.0 Å². The average Bonchev–Trinajstić information content (AvgIpc) is 2.83. The SMILES string of the molecule is Cc1ccc(S(=O)(=O)N(CC(=O)Nc2cccc(-c3nc(C)cc(=O)[nH]3)c2)C2CCCCC2)cc1. The molecule has 4 rings (SSSR count). The van der Waals surface area contributed by atoms with Gasteiger partial charge >= 0.3 is 0 Å². The number of rotatable bonds is 7. The van der Waals surface area contributed by atoms with E-state index in [9.17, 15) is 18.0 Å². The first-order chi connectivity index (χ1) is 16.7. The summed E-state index contributed by atoms with van der Waals surface area (Å²) in [6.45, 7) is 3.36. The van der Waals surface area contributed by atoms with Crippen molar-refractivity contribution in [3.63, 3.8) is 0 Å². The molecule has 1 saturated carbocycles. The molecule has 2 aromatic carbocycles. The van der Waals surface area contributed by atoms with E-state index in [2.05, 4.69) is 15.3 Å². The van der Waals surface area contributed by atoms with Crippen LogP contribution in [0.1, 0.15) is 43.4 Å². The molecule has 1 fully saturated rings. The summed E-state index contributed by atoms with van der Waals surface area (Å²) >= 11 is 0. The molecule has 1 amide bonds. The zero-order valence-electron chi connectivity index (χ0n) is 20.0. The molecule has 0 spiro atoms. The maximum Gasteiger partial charge on any atom is 0.251 e. The van der Waals surface area contributed by atoms with Crippen molar-refractivity contribution in [3.8, 4) is 11.4 Å². The number of H-pyrrole nitrogens is 1. The van der Waals surface area contributed by atoms with Gasteiger partial charge in [-0.1, -0.05) is 49.1 Å². The minimum absolute atomic E-state index is 0.193. The molecular weight excluding hydrogens is 464 g/mol. The van der Waals surface area contributed by atoms with E-state index in [-0.39, 0.29) is 23.0 Å². The van der Waals surface area contributed by atoms with Gasteiger partial charge in [0.15, 0.2) is 0 Å². The van der Waals surface area contributed by atoms with E-state index >= 15 is 0 Å². The number of carbonyl (C=O) groups is 1. The van der Waals surface area contributed by atoms with Crippen LogP contribution in [0.25, 0.3) is 11.4 Å². The molecule has 1 aliphatic rings. The predicted molar refractivity (Wildman–Crippen MR) is 136 cm³/mol. The number of amides is 1. The van der Waals surface area contributed by atoms with Crippen molar-refractivity contribution in [2.24, 2.45) is 0 Å². The first-order valence-electron chi connectivity index (χ1n) is 11.8. The Hall–Kier alpha value is -3.30. The largest absolute Gasteiger partial charge is 0.325 e. The molecule has 9 heteroatoms. The Bertz CT molecular complexity index is 1360.